The van der Waals surface area contributed by atoms with Crippen LogP contribution in [0.2, 0.25) is 0 Å². The number of fused-ring (bicyclic) bond motifs is 1. The number of ether oxygens (including phenoxy) is 1. The molecule has 6 heteroatoms. The maximum atomic E-state index is 12.2. The molecule has 6 nitrogen and oxygen atoms in total. The maximum Gasteiger partial charge on any atom is 0.259 e. The van der Waals surface area contributed by atoms with E-state index in [0.717, 1.165) is 5.65 Å². The lowest BCUT2D eigenvalue weighted by Gasteiger charge is -2.09. The summed E-state index contributed by atoms with van der Waals surface area (Å²) in [7, 11) is 1.54. The molecule has 1 amide bonds. The molecule has 2 aromatic heterocycles. The summed E-state index contributed by atoms with van der Waals surface area (Å²) in [4.78, 5) is 12.2. The Labute approximate surface area is 115 Å². The first-order valence-electron chi connectivity index (χ1n) is 6.02. The molecule has 0 bridgehead atoms. The minimum absolute atomic E-state index is 0.227. The summed E-state index contributed by atoms with van der Waals surface area (Å²) in [6.45, 7) is 0. The highest BCUT2D eigenvalue weighted by Crippen LogP contribution is 2.19. The Bertz CT molecular complexity index is 766. The Kier molecular flexibility index (Phi) is 3.04. The molecule has 100 valence electrons. The highest BCUT2D eigenvalue weighted by molar-refractivity contribution is 6.06. The molecule has 1 aromatic carbocycles. The summed E-state index contributed by atoms with van der Waals surface area (Å²) in [6.07, 6.45) is 3.33. The van der Waals surface area contributed by atoms with E-state index in [-0.39, 0.29) is 5.91 Å². The van der Waals surface area contributed by atoms with E-state index < -0.39 is 0 Å². The van der Waals surface area contributed by atoms with Crippen molar-refractivity contribution in [3.8, 4) is 5.75 Å². The highest BCUT2D eigenvalue weighted by Gasteiger charge is 2.11. The molecule has 0 aliphatic rings. The van der Waals surface area contributed by atoms with Crippen LogP contribution >= 0.6 is 0 Å². The van der Waals surface area contributed by atoms with Gasteiger partial charge in [-0.05, 0) is 24.3 Å². The Morgan fingerprint density at radius 1 is 1.25 bits per heavy atom. The number of hydrogen-bond donors (Lipinski definition) is 1. The SMILES string of the molecule is COc1ccccc1C(=O)Nc1ccc2nncn2c1. The standard InChI is InChI=1S/C14H12N4O2/c1-20-12-5-3-2-4-11(12)14(19)16-10-6-7-13-17-15-9-18(13)8-10/h2-9H,1H3,(H,16,19). The van der Waals surface area contributed by atoms with E-state index in [1.54, 1.807) is 47.3 Å². The Balaban J connectivity index is 1.88. The van der Waals surface area contributed by atoms with E-state index >= 15 is 0 Å². The second-order valence-corrected chi connectivity index (χ2v) is 4.17. The molecule has 0 saturated carbocycles. The number of anilines is 1. The Morgan fingerprint density at radius 3 is 2.95 bits per heavy atom. The smallest absolute Gasteiger partial charge is 0.259 e. The van der Waals surface area contributed by atoms with Crippen LogP contribution in [0.4, 0.5) is 5.69 Å². The first-order valence-corrected chi connectivity index (χ1v) is 6.02. The second-order valence-electron chi connectivity index (χ2n) is 4.17. The fraction of sp³-hybridized carbons (Fsp3) is 0.0714. The van der Waals surface area contributed by atoms with E-state index in [1.165, 1.54) is 7.11 Å². The lowest BCUT2D eigenvalue weighted by molar-refractivity contribution is 0.102. The number of rotatable bonds is 3. The Morgan fingerprint density at radius 2 is 2.10 bits per heavy atom. The quantitative estimate of drug-likeness (QED) is 0.788. The topological polar surface area (TPSA) is 68.5 Å². The van der Waals surface area contributed by atoms with Crippen molar-refractivity contribution < 1.29 is 9.53 Å². The average molecular weight is 268 g/mol. The predicted molar refractivity (Wildman–Crippen MR) is 73.9 cm³/mol. The van der Waals surface area contributed by atoms with Crippen LogP contribution in [0, 0.1) is 0 Å². The number of para-hydroxylation sites is 1. The van der Waals surface area contributed by atoms with Crippen molar-refractivity contribution in [2.45, 2.75) is 0 Å². The van der Waals surface area contributed by atoms with E-state index in [0.29, 0.717) is 17.0 Å². The zero-order chi connectivity index (χ0) is 13.9. The molecule has 0 unspecified atom stereocenters. The van der Waals surface area contributed by atoms with Gasteiger partial charge in [0.25, 0.3) is 5.91 Å². The number of carbonyl (C=O) groups excluding carboxylic acids is 1. The molecule has 2 heterocycles. The van der Waals surface area contributed by atoms with Crippen LogP contribution in [0.5, 0.6) is 5.75 Å². The van der Waals surface area contributed by atoms with Crippen LogP contribution in [-0.2, 0) is 0 Å². The Hall–Kier alpha value is -2.89. The van der Waals surface area contributed by atoms with Crippen LogP contribution < -0.4 is 10.1 Å². The molecule has 0 atom stereocenters. The third-order valence-electron chi connectivity index (χ3n) is 2.90. The first kappa shape index (κ1) is 12.2. The van der Waals surface area contributed by atoms with Gasteiger partial charge in [-0.3, -0.25) is 9.20 Å². The van der Waals surface area contributed by atoms with Gasteiger partial charge in [-0.1, -0.05) is 12.1 Å². The summed E-state index contributed by atoms with van der Waals surface area (Å²) in [5.41, 5.74) is 1.87. The summed E-state index contributed by atoms with van der Waals surface area (Å²) < 4.78 is 6.91. The van der Waals surface area contributed by atoms with E-state index in [4.69, 9.17) is 4.74 Å². The van der Waals surface area contributed by atoms with Gasteiger partial charge in [0, 0.05) is 6.20 Å². The van der Waals surface area contributed by atoms with E-state index in [9.17, 15) is 4.79 Å². The molecule has 0 aliphatic heterocycles. The molecule has 0 aliphatic carbocycles. The van der Waals surface area contributed by atoms with Crippen molar-refractivity contribution in [1.82, 2.24) is 14.6 Å². The summed E-state index contributed by atoms with van der Waals surface area (Å²) in [5.74, 6) is 0.310. The molecule has 1 N–H and O–H groups in total. The maximum absolute atomic E-state index is 12.2. The first-order chi connectivity index (χ1) is 9.78. The highest BCUT2D eigenvalue weighted by atomic mass is 16.5. The number of nitrogens with one attached hydrogen (secondary N) is 1. The van der Waals surface area contributed by atoms with E-state index in [2.05, 4.69) is 15.5 Å². The van der Waals surface area contributed by atoms with Gasteiger partial charge in [0.2, 0.25) is 0 Å². The minimum atomic E-state index is -0.227. The number of amides is 1. The molecule has 0 saturated heterocycles. The minimum Gasteiger partial charge on any atom is -0.496 e. The number of nitrogens with zero attached hydrogens (tertiary/aromatic N) is 3. The van der Waals surface area contributed by atoms with Gasteiger partial charge >= 0.3 is 0 Å². The van der Waals surface area contributed by atoms with Gasteiger partial charge in [-0.2, -0.15) is 0 Å². The van der Waals surface area contributed by atoms with Crippen molar-refractivity contribution in [3.05, 3.63) is 54.5 Å². The van der Waals surface area contributed by atoms with Crippen molar-refractivity contribution in [2.24, 2.45) is 0 Å². The molecular weight excluding hydrogens is 256 g/mol. The number of hydrogen-bond acceptors (Lipinski definition) is 4. The number of benzene rings is 1. The molecule has 3 aromatic rings. The van der Waals surface area contributed by atoms with Gasteiger partial charge in [0.1, 0.15) is 12.1 Å². The molecule has 20 heavy (non-hydrogen) atoms. The molecule has 0 spiro atoms. The van der Waals surface area contributed by atoms with Gasteiger partial charge in [0.05, 0.1) is 18.4 Å². The van der Waals surface area contributed by atoms with Crippen LogP contribution in [-0.4, -0.2) is 27.6 Å². The zero-order valence-electron chi connectivity index (χ0n) is 10.8. The van der Waals surface area contributed by atoms with Crippen molar-refractivity contribution in [3.63, 3.8) is 0 Å². The fourth-order valence-electron chi connectivity index (χ4n) is 1.93. The number of methoxy groups -OCH3 is 1. The van der Waals surface area contributed by atoms with Crippen LogP contribution in [0.25, 0.3) is 5.65 Å². The molecule has 0 radical (unpaired) electrons. The van der Waals surface area contributed by atoms with Crippen molar-refractivity contribution in [1.29, 1.82) is 0 Å². The van der Waals surface area contributed by atoms with E-state index in [1.807, 2.05) is 6.07 Å². The van der Waals surface area contributed by atoms with Crippen molar-refractivity contribution >= 4 is 17.2 Å². The third kappa shape index (κ3) is 2.18. The molecule has 3 rings (SSSR count). The average Bonchev–Trinajstić information content (AvgIpc) is 2.94. The normalized spacial score (nSPS) is 10.4. The van der Waals surface area contributed by atoms with Gasteiger partial charge in [-0.15, -0.1) is 10.2 Å². The fourth-order valence-corrected chi connectivity index (χ4v) is 1.93. The zero-order valence-corrected chi connectivity index (χ0v) is 10.8. The van der Waals surface area contributed by atoms with Gasteiger partial charge in [0.15, 0.2) is 5.65 Å². The lowest BCUT2D eigenvalue weighted by Crippen LogP contribution is -2.13. The second kappa shape index (κ2) is 5.00. The summed E-state index contributed by atoms with van der Waals surface area (Å²) in [5, 5.41) is 10.5. The number of aromatic nitrogens is 3. The molecular formula is C14H12N4O2. The van der Waals surface area contributed by atoms with Crippen LogP contribution in [0.3, 0.4) is 0 Å². The monoisotopic (exact) mass is 268 g/mol. The summed E-state index contributed by atoms with van der Waals surface area (Å²) in [6, 6.07) is 10.6. The lowest BCUT2D eigenvalue weighted by atomic mass is 10.2. The number of pyridine rings is 1. The largest absolute Gasteiger partial charge is 0.496 e. The summed E-state index contributed by atoms with van der Waals surface area (Å²) >= 11 is 0. The third-order valence-corrected chi connectivity index (χ3v) is 2.90. The van der Waals surface area contributed by atoms with Crippen LogP contribution in [0.15, 0.2) is 48.9 Å². The number of carbonyl (C=O) groups is 1. The van der Waals surface area contributed by atoms with Gasteiger partial charge < -0.3 is 10.1 Å². The molecule has 0 fully saturated rings. The predicted octanol–water partition coefficient (Wildman–Crippen LogP) is 1.99. The van der Waals surface area contributed by atoms with Gasteiger partial charge in [-0.25, -0.2) is 0 Å². The van der Waals surface area contributed by atoms with Crippen molar-refractivity contribution in [2.75, 3.05) is 12.4 Å². The van der Waals surface area contributed by atoms with Crippen LogP contribution in [0.1, 0.15) is 10.4 Å².